The molecule has 4 aliphatic rings. The molecule has 2 N–H and O–H groups in total. The first kappa shape index (κ1) is 9.01. The predicted octanol–water partition coefficient (Wildman–Crippen LogP) is 2.19. The fourth-order valence-corrected chi connectivity index (χ4v) is 4.35. The van der Waals surface area contributed by atoms with Crippen LogP contribution < -0.4 is 5.73 Å². The second-order valence-corrected chi connectivity index (χ2v) is 5.88. The van der Waals surface area contributed by atoms with Gasteiger partial charge in [0.05, 0.1) is 0 Å². The lowest BCUT2D eigenvalue weighted by atomic mass is 9.49. The third-order valence-electron chi connectivity index (χ3n) is 3.91. The zero-order valence-electron chi connectivity index (χ0n) is 7.95. The average Bonchev–Trinajstić information content (AvgIpc) is 1.67. The maximum Gasteiger partial charge on any atom is 0.118 e. The van der Waals surface area contributed by atoms with E-state index in [1.165, 1.54) is 0 Å². The molecule has 0 aromatic rings. The van der Waals surface area contributed by atoms with E-state index in [-0.39, 0.29) is 38.5 Å². The molecule has 80 valence electrons. The normalized spacial score (nSPS) is 66.0. The summed E-state index contributed by atoms with van der Waals surface area (Å²) in [5.41, 5.74) is -0.144. The Morgan fingerprint density at radius 3 is 1.14 bits per heavy atom. The fourth-order valence-electron chi connectivity index (χ4n) is 4.35. The van der Waals surface area contributed by atoms with E-state index in [4.69, 9.17) is 5.73 Å². The van der Waals surface area contributed by atoms with Gasteiger partial charge < -0.3 is 5.73 Å². The first-order valence-electron chi connectivity index (χ1n) is 5.10. The van der Waals surface area contributed by atoms with Crippen LogP contribution in [0.4, 0.5) is 13.2 Å². The summed E-state index contributed by atoms with van der Waals surface area (Å²) in [7, 11) is 0. The summed E-state index contributed by atoms with van der Waals surface area (Å²) in [6.07, 6.45) is -0.0358. The first-order valence-corrected chi connectivity index (χ1v) is 5.10. The van der Waals surface area contributed by atoms with Crippen LogP contribution in [0.15, 0.2) is 0 Å². The molecule has 4 saturated carbocycles. The van der Waals surface area contributed by atoms with Gasteiger partial charge in [0.1, 0.15) is 17.0 Å². The molecule has 4 bridgehead atoms. The molecule has 0 atom stereocenters. The number of halogens is 3. The van der Waals surface area contributed by atoms with Crippen molar-refractivity contribution in [1.29, 1.82) is 0 Å². The van der Waals surface area contributed by atoms with Crippen LogP contribution >= 0.6 is 0 Å². The summed E-state index contributed by atoms with van der Waals surface area (Å²) >= 11 is 0. The predicted molar refractivity (Wildman–Crippen MR) is 46.1 cm³/mol. The van der Waals surface area contributed by atoms with E-state index in [9.17, 15) is 13.2 Å². The molecule has 0 unspecified atom stereocenters. The molecule has 14 heavy (non-hydrogen) atoms. The summed E-state index contributed by atoms with van der Waals surface area (Å²) in [4.78, 5) is 0. The van der Waals surface area contributed by atoms with E-state index in [1.54, 1.807) is 0 Å². The summed E-state index contributed by atoms with van der Waals surface area (Å²) in [6.45, 7) is 0. The Morgan fingerprint density at radius 2 is 0.929 bits per heavy atom. The highest BCUT2D eigenvalue weighted by molar-refractivity contribution is 5.22. The van der Waals surface area contributed by atoms with E-state index in [2.05, 4.69) is 0 Å². The second-order valence-electron chi connectivity index (χ2n) is 5.88. The van der Waals surface area contributed by atoms with Gasteiger partial charge in [-0.1, -0.05) is 0 Å². The molecule has 0 saturated heterocycles. The number of nitrogens with two attached hydrogens (primary N) is 1. The average molecular weight is 205 g/mol. The van der Waals surface area contributed by atoms with Crippen LogP contribution in [0.2, 0.25) is 0 Å². The van der Waals surface area contributed by atoms with Gasteiger partial charge in [-0.25, -0.2) is 13.2 Å². The van der Waals surface area contributed by atoms with E-state index in [1.807, 2.05) is 0 Å². The number of rotatable bonds is 0. The van der Waals surface area contributed by atoms with Crippen LogP contribution in [0.25, 0.3) is 0 Å². The largest absolute Gasteiger partial charge is 0.325 e. The van der Waals surface area contributed by atoms with Crippen molar-refractivity contribution in [3.8, 4) is 0 Å². The van der Waals surface area contributed by atoms with E-state index in [0.717, 1.165) is 0 Å². The van der Waals surface area contributed by atoms with Crippen LogP contribution in [-0.2, 0) is 0 Å². The number of hydrogen-bond donors (Lipinski definition) is 1. The smallest absolute Gasteiger partial charge is 0.118 e. The molecule has 4 aliphatic carbocycles. The van der Waals surface area contributed by atoms with Gasteiger partial charge in [-0.05, 0) is 19.3 Å². The zero-order chi connectivity index (χ0) is 10.2. The summed E-state index contributed by atoms with van der Waals surface area (Å²) in [5.74, 6) is 0. The third-order valence-corrected chi connectivity index (χ3v) is 3.91. The van der Waals surface area contributed by atoms with Crippen molar-refractivity contribution >= 4 is 0 Å². The molecule has 4 heteroatoms. The Labute approximate surface area is 80.8 Å². The molecule has 0 radical (unpaired) electrons. The molecule has 4 fully saturated rings. The van der Waals surface area contributed by atoms with E-state index >= 15 is 0 Å². The minimum absolute atomic E-state index is 0.136. The van der Waals surface area contributed by atoms with Crippen molar-refractivity contribution in [2.75, 3.05) is 0 Å². The summed E-state index contributed by atoms with van der Waals surface area (Å²) in [5, 5.41) is 0. The third kappa shape index (κ3) is 1.06. The van der Waals surface area contributed by atoms with E-state index in [0.29, 0.717) is 0 Å². The summed E-state index contributed by atoms with van der Waals surface area (Å²) < 4.78 is 42.2. The molecular weight excluding hydrogens is 191 g/mol. The van der Waals surface area contributed by atoms with Gasteiger partial charge in [0.25, 0.3) is 0 Å². The molecule has 0 aromatic carbocycles. The molecule has 0 aliphatic heterocycles. The van der Waals surface area contributed by atoms with Crippen LogP contribution in [0, 0.1) is 0 Å². The van der Waals surface area contributed by atoms with Crippen molar-refractivity contribution in [3.05, 3.63) is 0 Å². The lowest BCUT2D eigenvalue weighted by Gasteiger charge is -2.62. The molecule has 0 heterocycles. The van der Waals surface area contributed by atoms with Crippen molar-refractivity contribution in [2.24, 2.45) is 5.73 Å². The van der Waals surface area contributed by atoms with Crippen molar-refractivity contribution in [3.63, 3.8) is 0 Å². The Morgan fingerprint density at radius 1 is 0.643 bits per heavy atom. The van der Waals surface area contributed by atoms with Crippen LogP contribution in [0.5, 0.6) is 0 Å². The highest BCUT2D eigenvalue weighted by Crippen LogP contribution is 2.63. The topological polar surface area (TPSA) is 26.0 Å². The Kier molecular flexibility index (Phi) is 1.28. The molecule has 1 nitrogen and oxygen atoms in total. The second kappa shape index (κ2) is 1.99. The maximum atomic E-state index is 14.1. The van der Waals surface area contributed by atoms with E-state index < -0.39 is 22.5 Å². The Hall–Kier alpha value is -0.250. The van der Waals surface area contributed by atoms with Crippen molar-refractivity contribution in [2.45, 2.75) is 61.1 Å². The van der Waals surface area contributed by atoms with Gasteiger partial charge in [-0.2, -0.15) is 0 Å². The van der Waals surface area contributed by atoms with Crippen molar-refractivity contribution in [1.82, 2.24) is 0 Å². The highest BCUT2D eigenvalue weighted by atomic mass is 19.2. The number of alkyl halides is 3. The Bertz CT molecular complexity index is 208. The monoisotopic (exact) mass is 205 g/mol. The molecule has 0 spiro atoms. The van der Waals surface area contributed by atoms with Crippen molar-refractivity contribution < 1.29 is 13.2 Å². The lowest BCUT2D eigenvalue weighted by Crippen LogP contribution is -2.71. The highest BCUT2D eigenvalue weighted by Gasteiger charge is 2.69. The van der Waals surface area contributed by atoms with Crippen LogP contribution in [-0.4, -0.2) is 22.5 Å². The fraction of sp³-hybridized carbons (Fsp3) is 1.00. The summed E-state index contributed by atoms with van der Waals surface area (Å²) in [6, 6.07) is 0. The van der Waals surface area contributed by atoms with Gasteiger partial charge >= 0.3 is 0 Å². The minimum atomic E-state index is -1.69. The van der Waals surface area contributed by atoms with Gasteiger partial charge in [-0.15, -0.1) is 0 Å². The van der Waals surface area contributed by atoms with Gasteiger partial charge in [-0.3, -0.25) is 0 Å². The SMILES string of the molecule is NC12CC3(F)CC(F)(C1)CC(F)(C2)C3. The minimum Gasteiger partial charge on any atom is -0.325 e. The van der Waals surface area contributed by atoms with Crippen LogP contribution in [0.3, 0.4) is 0 Å². The van der Waals surface area contributed by atoms with Gasteiger partial charge in [0.2, 0.25) is 0 Å². The van der Waals surface area contributed by atoms with Gasteiger partial charge in [0, 0.05) is 24.8 Å². The molecule has 0 amide bonds. The quantitative estimate of drug-likeness (QED) is 0.644. The number of hydrogen-bond acceptors (Lipinski definition) is 1. The first-order chi connectivity index (χ1) is 6.24. The Balaban J connectivity index is 2.08. The maximum absolute atomic E-state index is 14.1. The van der Waals surface area contributed by atoms with Crippen LogP contribution in [0.1, 0.15) is 38.5 Å². The molecule has 0 aromatic heterocycles. The molecular formula is C10H14F3N. The zero-order valence-corrected chi connectivity index (χ0v) is 7.95. The lowest BCUT2D eigenvalue weighted by molar-refractivity contribution is -0.188. The van der Waals surface area contributed by atoms with Gasteiger partial charge in [0.15, 0.2) is 0 Å². The standard InChI is InChI=1S/C10H14F3N/c11-7-1-8(12)3-9(13,2-7)6-10(14,4-7)5-8/h1-6,14H2. The molecule has 4 rings (SSSR count).